The van der Waals surface area contributed by atoms with E-state index < -0.39 is 0 Å². The molecule has 0 radical (unpaired) electrons. The summed E-state index contributed by atoms with van der Waals surface area (Å²) in [6, 6.07) is 15.8. The molecule has 33 heavy (non-hydrogen) atoms. The lowest BCUT2D eigenvalue weighted by molar-refractivity contribution is 0.102. The van der Waals surface area contributed by atoms with Gasteiger partial charge in [0.05, 0.1) is 17.8 Å². The number of hydrogen-bond donors (Lipinski definition) is 1. The summed E-state index contributed by atoms with van der Waals surface area (Å²) in [4.78, 5) is 20.4. The lowest BCUT2D eigenvalue weighted by atomic mass is 9.96. The SMILES string of the molecule is CCC(C)CN1CCC(c2nc(C(=O)Nc3cc(OC)ccc3-c3ccccc3)cs2)CC1. The Bertz CT molecular complexity index is 1060. The van der Waals surface area contributed by atoms with Gasteiger partial charge in [0, 0.05) is 29.5 Å². The summed E-state index contributed by atoms with van der Waals surface area (Å²) in [6.07, 6.45) is 3.45. The number of thiazole rings is 1. The number of piperidine rings is 1. The first kappa shape index (κ1) is 23.5. The van der Waals surface area contributed by atoms with Crippen LogP contribution < -0.4 is 10.1 Å². The summed E-state index contributed by atoms with van der Waals surface area (Å²) in [5, 5.41) is 6.04. The first-order valence-electron chi connectivity index (χ1n) is 11.8. The molecule has 6 heteroatoms. The second-order valence-corrected chi connectivity index (χ2v) is 9.78. The van der Waals surface area contributed by atoms with Gasteiger partial charge >= 0.3 is 0 Å². The predicted octanol–water partition coefficient (Wildman–Crippen LogP) is 6.30. The maximum Gasteiger partial charge on any atom is 0.275 e. The maximum atomic E-state index is 13.1. The zero-order valence-electron chi connectivity index (χ0n) is 19.7. The number of nitrogens with one attached hydrogen (secondary N) is 1. The first-order chi connectivity index (χ1) is 16.1. The highest BCUT2D eigenvalue weighted by atomic mass is 32.1. The molecule has 0 bridgehead atoms. The van der Waals surface area contributed by atoms with Gasteiger partial charge in [-0.1, -0.05) is 50.6 Å². The van der Waals surface area contributed by atoms with Gasteiger partial charge < -0.3 is 15.0 Å². The maximum absolute atomic E-state index is 13.1. The number of likely N-dealkylation sites (tertiary alicyclic amines) is 1. The highest BCUT2D eigenvalue weighted by Gasteiger charge is 2.24. The Morgan fingerprint density at radius 1 is 1.21 bits per heavy atom. The number of amides is 1. The number of benzene rings is 2. The second-order valence-electron chi connectivity index (χ2n) is 8.89. The molecule has 0 aliphatic carbocycles. The van der Waals surface area contributed by atoms with Crippen molar-refractivity contribution in [3.05, 3.63) is 64.6 Å². The largest absolute Gasteiger partial charge is 0.497 e. The number of nitrogens with zero attached hydrogens (tertiary/aromatic N) is 2. The molecule has 2 heterocycles. The topological polar surface area (TPSA) is 54.5 Å². The lowest BCUT2D eigenvalue weighted by Gasteiger charge is -2.32. The Kier molecular flexibility index (Phi) is 7.78. The molecule has 1 aliphatic heterocycles. The van der Waals surface area contributed by atoms with Crippen LogP contribution in [0.3, 0.4) is 0 Å². The van der Waals surface area contributed by atoms with E-state index in [1.807, 2.05) is 53.9 Å². The Hall–Kier alpha value is -2.70. The summed E-state index contributed by atoms with van der Waals surface area (Å²) in [5.41, 5.74) is 3.20. The van der Waals surface area contributed by atoms with Crippen LogP contribution in [0.15, 0.2) is 53.9 Å². The second kappa shape index (κ2) is 10.9. The standard InChI is InChI=1S/C27H33N3O2S/c1-4-19(2)17-30-14-12-21(13-15-30)27-29-25(18-33-27)26(31)28-24-16-22(32-3)10-11-23(24)20-8-6-5-7-9-20/h5-11,16,18-19,21H,4,12-15,17H2,1-3H3,(H,28,31). The highest BCUT2D eigenvalue weighted by molar-refractivity contribution is 7.10. The Balaban J connectivity index is 1.44. The zero-order chi connectivity index (χ0) is 23.2. The summed E-state index contributed by atoms with van der Waals surface area (Å²) in [6.45, 7) is 7.98. The lowest BCUT2D eigenvalue weighted by Crippen LogP contribution is -2.35. The molecule has 174 valence electrons. The van der Waals surface area contributed by atoms with Crippen LogP contribution in [0.2, 0.25) is 0 Å². The van der Waals surface area contributed by atoms with Crippen LogP contribution in [-0.4, -0.2) is 42.5 Å². The van der Waals surface area contributed by atoms with Crippen molar-refractivity contribution in [2.75, 3.05) is 32.1 Å². The van der Waals surface area contributed by atoms with E-state index in [1.54, 1.807) is 18.4 Å². The molecular formula is C27H33N3O2S. The van der Waals surface area contributed by atoms with Crippen molar-refractivity contribution in [2.45, 2.75) is 39.0 Å². The predicted molar refractivity (Wildman–Crippen MR) is 136 cm³/mol. The Morgan fingerprint density at radius 3 is 2.67 bits per heavy atom. The molecule has 1 N–H and O–H groups in total. The zero-order valence-corrected chi connectivity index (χ0v) is 20.5. The molecule has 1 amide bonds. The molecule has 1 aromatic heterocycles. The normalized spacial score (nSPS) is 15.8. The van der Waals surface area contributed by atoms with Crippen LogP contribution in [0, 0.1) is 5.92 Å². The minimum Gasteiger partial charge on any atom is -0.497 e. The summed E-state index contributed by atoms with van der Waals surface area (Å²) >= 11 is 1.61. The fraction of sp³-hybridized carbons (Fsp3) is 0.407. The van der Waals surface area contributed by atoms with E-state index in [9.17, 15) is 4.79 Å². The van der Waals surface area contributed by atoms with Crippen molar-refractivity contribution in [3.63, 3.8) is 0 Å². The average molecular weight is 464 g/mol. The average Bonchev–Trinajstić information content (AvgIpc) is 3.35. The third kappa shape index (κ3) is 5.81. The molecule has 2 aromatic carbocycles. The van der Waals surface area contributed by atoms with Crippen LogP contribution in [0.4, 0.5) is 5.69 Å². The number of rotatable bonds is 8. The highest BCUT2D eigenvalue weighted by Crippen LogP contribution is 2.33. The van der Waals surface area contributed by atoms with E-state index in [2.05, 4.69) is 24.1 Å². The van der Waals surface area contributed by atoms with Gasteiger partial charge in [0.15, 0.2) is 0 Å². The van der Waals surface area contributed by atoms with Gasteiger partial charge in [0.2, 0.25) is 0 Å². The quantitative estimate of drug-likeness (QED) is 0.426. The molecule has 3 aromatic rings. The van der Waals surface area contributed by atoms with Crippen molar-refractivity contribution >= 4 is 22.9 Å². The van der Waals surface area contributed by atoms with Gasteiger partial charge in [-0.2, -0.15) is 0 Å². The summed E-state index contributed by atoms with van der Waals surface area (Å²) in [7, 11) is 1.63. The van der Waals surface area contributed by atoms with Gasteiger partial charge in [0.1, 0.15) is 11.4 Å². The van der Waals surface area contributed by atoms with E-state index in [0.717, 1.165) is 53.7 Å². The summed E-state index contributed by atoms with van der Waals surface area (Å²) < 4.78 is 5.39. The van der Waals surface area contributed by atoms with E-state index in [-0.39, 0.29) is 5.91 Å². The minimum absolute atomic E-state index is 0.183. The van der Waals surface area contributed by atoms with Crippen molar-refractivity contribution < 1.29 is 9.53 Å². The number of ether oxygens (including phenoxy) is 1. The Labute approximate surface area is 200 Å². The molecule has 1 saturated heterocycles. The molecule has 4 rings (SSSR count). The Morgan fingerprint density at radius 2 is 1.97 bits per heavy atom. The van der Waals surface area contributed by atoms with Crippen LogP contribution >= 0.6 is 11.3 Å². The number of hydrogen-bond acceptors (Lipinski definition) is 5. The van der Waals surface area contributed by atoms with E-state index >= 15 is 0 Å². The van der Waals surface area contributed by atoms with Crippen LogP contribution in [-0.2, 0) is 0 Å². The van der Waals surface area contributed by atoms with Crippen molar-refractivity contribution in [1.29, 1.82) is 0 Å². The van der Waals surface area contributed by atoms with Gasteiger partial charge in [0.25, 0.3) is 5.91 Å². The van der Waals surface area contributed by atoms with E-state index in [1.165, 1.54) is 13.0 Å². The molecule has 1 aliphatic rings. The molecule has 1 atom stereocenters. The molecule has 1 fully saturated rings. The molecule has 1 unspecified atom stereocenters. The van der Waals surface area contributed by atoms with Gasteiger partial charge in [-0.15, -0.1) is 11.3 Å². The van der Waals surface area contributed by atoms with Crippen LogP contribution in [0.1, 0.15) is 54.5 Å². The van der Waals surface area contributed by atoms with Gasteiger partial charge in [-0.25, -0.2) is 4.98 Å². The molecule has 0 saturated carbocycles. The van der Waals surface area contributed by atoms with E-state index in [4.69, 9.17) is 9.72 Å². The number of carbonyl (C=O) groups excluding carboxylic acids is 1. The number of aromatic nitrogens is 1. The number of methoxy groups -OCH3 is 1. The number of anilines is 1. The minimum atomic E-state index is -0.183. The van der Waals surface area contributed by atoms with Gasteiger partial charge in [-0.05, 0) is 49.5 Å². The van der Waals surface area contributed by atoms with Crippen molar-refractivity contribution in [3.8, 4) is 16.9 Å². The van der Waals surface area contributed by atoms with Crippen molar-refractivity contribution in [1.82, 2.24) is 9.88 Å². The molecule has 0 spiro atoms. The third-order valence-corrected chi connectivity index (χ3v) is 7.53. The van der Waals surface area contributed by atoms with Crippen molar-refractivity contribution in [2.24, 2.45) is 5.92 Å². The smallest absolute Gasteiger partial charge is 0.275 e. The van der Waals surface area contributed by atoms with Gasteiger partial charge in [-0.3, -0.25) is 4.79 Å². The van der Waals surface area contributed by atoms with Crippen LogP contribution in [0.5, 0.6) is 5.75 Å². The fourth-order valence-electron chi connectivity index (χ4n) is 4.32. The molecule has 5 nitrogen and oxygen atoms in total. The monoisotopic (exact) mass is 463 g/mol. The third-order valence-electron chi connectivity index (χ3n) is 6.52. The first-order valence-corrected chi connectivity index (χ1v) is 12.7. The van der Waals surface area contributed by atoms with Crippen LogP contribution in [0.25, 0.3) is 11.1 Å². The fourth-order valence-corrected chi connectivity index (χ4v) is 5.29. The molecular weight excluding hydrogens is 430 g/mol. The number of carbonyl (C=O) groups is 1. The van der Waals surface area contributed by atoms with E-state index in [0.29, 0.717) is 17.4 Å². The summed E-state index contributed by atoms with van der Waals surface area (Å²) in [5.74, 6) is 1.71.